The maximum atomic E-state index is 11.9. The Balaban J connectivity index is 1.92. The van der Waals surface area contributed by atoms with Crippen LogP contribution in [0.1, 0.15) is 29.0 Å². The second-order valence-corrected chi connectivity index (χ2v) is 5.85. The van der Waals surface area contributed by atoms with Crippen LogP contribution in [-0.4, -0.2) is 44.9 Å². The van der Waals surface area contributed by atoms with Crippen molar-refractivity contribution in [2.45, 2.75) is 18.6 Å². The highest BCUT2D eigenvalue weighted by Gasteiger charge is 2.21. The predicted molar refractivity (Wildman–Crippen MR) is 68.2 cm³/mol. The molecule has 0 spiro atoms. The van der Waals surface area contributed by atoms with Crippen LogP contribution in [0.25, 0.3) is 0 Å². The fourth-order valence-corrected chi connectivity index (χ4v) is 3.19. The van der Waals surface area contributed by atoms with Crippen LogP contribution in [0.4, 0.5) is 0 Å². The number of hydrogen-bond donors (Lipinski definition) is 1. The number of carboxylic acid groups (broad SMARTS) is 1. The van der Waals surface area contributed by atoms with E-state index in [2.05, 4.69) is 0 Å². The molecule has 1 aromatic heterocycles. The molecule has 0 radical (unpaired) electrons. The molecule has 19 heavy (non-hydrogen) atoms. The minimum absolute atomic E-state index is 0.0255. The first-order valence-electron chi connectivity index (χ1n) is 6.00. The van der Waals surface area contributed by atoms with Crippen molar-refractivity contribution in [3.63, 3.8) is 0 Å². The van der Waals surface area contributed by atoms with E-state index in [4.69, 9.17) is 9.52 Å². The molecule has 6 nitrogen and oxygen atoms in total. The molecular weight excluding hydrogens is 270 g/mol. The molecule has 0 saturated carbocycles. The number of furan rings is 1. The Morgan fingerprint density at radius 3 is 2.68 bits per heavy atom. The van der Waals surface area contributed by atoms with Gasteiger partial charge in [-0.2, -0.15) is 0 Å². The summed E-state index contributed by atoms with van der Waals surface area (Å²) >= 11 is 0. The zero-order chi connectivity index (χ0) is 13.8. The van der Waals surface area contributed by atoms with Crippen molar-refractivity contribution in [1.29, 1.82) is 0 Å². The van der Waals surface area contributed by atoms with Crippen molar-refractivity contribution in [3.05, 3.63) is 23.7 Å². The smallest absolute Gasteiger partial charge is 0.372 e. The molecule has 1 N–H and O–H groups in total. The summed E-state index contributed by atoms with van der Waals surface area (Å²) in [4.78, 5) is 24.3. The van der Waals surface area contributed by atoms with E-state index >= 15 is 0 Å². The Bertz CT molecular complexity index is 504. The van der Waals surface area contributed by atoms with Crippen molar-refractivity contribution in [2.24, 2.45) is 0 Å². The van der Waals surface area contributed by atoms with Crippen LogP contribution in [-0.2, 0) is 21.3 Å². The van der Waals surface area contributed by atoms with Crippen molar-refractivity contribution in [3.8, 4) is 0 Å². The van der Waals surface area contributed by atoms with E-state index in [0.29, 0.717) is 5.56 Å². The largest absolute Gasteiger partial charge is 0.475 e. The van der Waals surface area contributed by atoms with Crippen LogP contribution in [0.3, 0.4) is 0 Å². The van der Waals surface area contributed by atoms with Crippen molar-refractivity contribution < 1.29 is 23.3 Å². The van der Waals surface area contributed by atoms with Gasteiger partial charge in [-0.05, 0) is 18.9 Å². The third-order valence-corrected chi connectivity index (χ3v) is 4.20. The Morgan fingerprint density at radius 1 is 1.37 bits per heavy atom. The molecule has 1 aromatic rings. The van der Waals surface area contributed by atoms with E-state index in [0.717, 1.165) is 25.9 Å². The van der Waals surface area contributed by atoms with Gasteiger partial charge in [0, 0.05) is 29.5 Å². The molecule has 0 bridgehead atoms. The van der Waals surface area contributed by atoms with E-state index in [1.165, 1.54) is 12.3 Å². The Hall–Kier alpha value is -1.63. The summed E-state index contributed by atoms with van der Waals surface area (Å²) in [6, 6.07) is 1.47. The minimum Gasteiger partial charge on any atom is -0.475 e. The lowest BCUT2D eigenvalue weighted by atomic mass is 10.3. The lowest BCUT2D eigenvalue weighted by Gasteiger charge is -2.14. The number of aromatic carboxylic acids is 1. The number of carbonyl (C=O) groups excluding carboxylic acids is 1. The van der Waals surface area contributed by atoms with Gasteiger partial charge in [-0.25, -0.2) is 4.79 Å². The summed E-state index contributed by atoms with van der Waals surface area (Å²) < 4.78 is 16.7. The molecule has 1 atom stereocenters. The average Bonchev–Trinajstić information content (AvgIpc) is 2.98. The first-order valence-corrected chi connectivity index (χ1v) is 7.49. The van der Waals surface area contributed by atoms with E-state index in [-0.39, 0.29) is 23.2 Å². The maximum absolute atomic E-state index is 11.9. The van der Waals surface area contributed by atoms with Crippen LogP contribution in [0.5, 0.6) is 0 Å². The molecule has 7 heteroatoms. The maximum Gasteiger partial charge on any atom is 0.372 e. The Labute approximate surface area is 112 Å². The molecule has 1 aliphatic rings. The van der Waals surface area contributed by atoms with Crippen molar-refractivity contribution in [2.75, 3.05) is 18.8 Å². The van der Waals surface area contributed by atoms with Crippen molar-refractivity contribution in [1.82, 2.24) is 4.90 Å². The molecule has 1 amide bonds. The number of hydrogen-bond acceptors (Lipinski definition) is 4. The van der Waals surface area contributed by atoms with E-state index < -0.39 is 16.8 Å². The summed E-state index contributed by atoms with van der Waals surface area (Å²) in [5, 5.41) is 8.85. The van der Waals surface area contributed by atoms with Gasteiger partial charge < -0.3 is 14.4 Å². The molecule has 1 aliphatic heterocycles. The second-order valence-electron chi connectivity index (χ2n) is 4.40. The van der Waals surface area contributed by atoms with Gasteiger partial charge in [-0.3, -0.25) is 9.00 Å². The summed E-state index contributed by atoms with van der Waals surface area (Å²) in [5.74, 6) is -1.57. The minimum atomic E-state index is -1.42. The van der Waals surface area contributed by atoms with Gasteiger partial charge in [0.05, 0.1) is 12.0 Å². The third-order valence-electron chi connectivity index (χ3n) is 3.00. The predicted octanol–water partition coefficient (Wildman–Crippen LogP) is 0.849. The van der Waals surface area contributed by atoms with Gasteiger partial charge in [-0.15, -0.1) is 0 Å². The number of carboxylic acids is 1. The molecular formula is C12H15NO5S. The first-order chi connectivity index (χ1) is 9.08. The van der Waals surface area contributed by atoms with E-state index in [1.807, 2.05) is 0 Å². The molecule has 104 valence electrons. The van der Waals surface area contributed by atoms with Gasteiger partial charge in [0.2, 0.25) is 11.7 Å². The average molecular weight is 285 g/mol. The fourth-order valence-electron chi connectivity index (χ4n) is 2.06. The van der Waals surface area contributed by atoms with Crippen molar-refractivity contribution >= 4 is 22.7 Å². The molecule has 0 aliphatic carbocycles. The van der Waals surface area contributed by atoms with Crippen LogP contribution in [0, 0.1) is 0 Å². The topological polar surface area (TPSA) is 87.8 Å². The summed E-state index contributed by atoms with van der Waals surface area (Å²) in [7, 11) is -1.42. The van der Waals surface area contributed by atoms with E-state index in [9.17, 15) is 13.8 Å². The van der Waals surface area contributed by atoms with Crippen LogP contribution in [0.2, 0.25) is 0 Å². The highest BCUT2D eigenvalue weighted by atomic mass is 32.2. The zero-order valence-corrected chi connectivity index (χ0v) is 11.1. The number of rotatable bonds is 5. The van der Waals surface area contributed by atoms with Gasteiger partial charge in [0.25, 0.3) is 0 Å². The van der Waals surface area contributed by atoms with Crippen LogP contribution in [0.15, 0.2) is 16.7 Å². The number of carbonyl (C=O) groups is 2. The summed E-state index contributed by atoms with van der Waals surface area (Å²) in [6.45, 7) is 1.45. The molecule has 1 saturated heterocycles. The third kappa shape index (κ3) is 3.44. The normalized spacial score (nSPS) is 16.5. The highest BCUT2D eigenvalue weighted by Crippen LogP contribution is 2.14. The summed E-state index contributed by atoms with van der Waals surface area (Å²) in [5.41, 5.74) is 0.361. The van der Waals surface area contributed by atoms with Crippen LogP contribution < -0.4 is 0 Å². The fraction of sp³-hybridized carbons (Fsp3) is 0.500. The van der Waals surface area contributed by atoms with Gasteiger partial charge in [-0.1, -0.05) is 0 Å². The SMILES string of the molecule is O=C(O)c1occc1CS(=O)CC(=O)N1CCCC1. The standard InChI is InChI=1S/C12H15NO5S/c14-10(13-4-1-2-5-13)8-19(17)7-9-3-6-18-11(9)12(15)16/h3,6H,1-2,4-5,7-8H2,(H,15,16). The number of amides is 1. The number of nitrogens with zero attached hydrogens (tertiary/aromatic N) is 1. The van der Waals surface area contributed by atoms with Gasteiger partial charge in [0.1, 0.15) is 5.75 Å². The molecule has 1 unspecified atom stereocenters. The van der Waals surface area contributed by atoms with E-state index in [1.54, 1.807) is 4.90 Å². The Morgan fingerprint density at radius 2 is 2.05 bits per heavy atom. The molecule has 0 aromatic carbocycles. The Kier molecular flexibility index (Phi) is 4.36. The van der Waals surface area contributed by atoms with Crippen LogP contribution >= 0.6 is 0 Å². The summed E-state index contributed by atoms with van der Waals surface area (Å²) in [6.07, 6.45) is 3.23. The van der Waals surface area contributed by atoms with Gasteiger partial charge >= 0.3 is 5.97 Å². The lowest BCUT2D eigenvalue weighted by Crippen LogP contribution is -2.32. The zero-order valence-electron chi connectivity index (χ0n) is 10.3. The lowest BCUT2D eigenvalue weighted by molar-refractivity contribution is -0.127. The highest BCUT2D eigenvalue weighted by molar-refractivity contribution is 7.84. The van der Waals surface area contributed by atoms with Gasteiger partial charge in [0.15, 0.2) is 0 Å². The second kappa shape index (κ2) is 6.01. The number of likely N-dealkylation sites (tertiary alicyclic amines) is 1. The molecule has 2 rings (SSSR count). The monoisotopic (exact) mass is 285 g/mol. The molecule has 1 fully saturated rings. The quantitative estimate of drug-likeness (QED) is 0.866. The molecule has 2 heterocycles. The first kappa shape index (κ1) is 13.8.